The van der Waals surface area contributed by atoms with Crippen LogP contribution in [0.2, 0.25) is 0 Å². The van der Waals surface area contributed by atoms with E-state index in [0.29, 0.717) is 0 Å². The number of hydrogen-bond acceptors (Lipinski definition) is 2. The molecule has 0 spiro atoms. The van der Waals surface area contributed by atoms with E-state index in [2.05, 4.69) is 6.92 Å². The van der Waals surface area contributed by atoms with Crippen molar-refractivity contribution in [3.05, 3.63) is 0 Å². The first kappa shape index (κ1) is 10.6. The highest BCUT2D eigenvalue weighted by atomic mass is 16.3. The van der Waals surface area contributed by atoms with Crippen LogP contribution in [-0.2, 0) is 4.79 Å². The lowest BCUT2D eigenvalue weighted by atomic mass is 9.92. The van der Waals surface area contributed by atoms with Crippen molar-refractivity contribution < 1.29 is 9.90 Å². The molecule has 2 unspecified atom stereocenters. The fourth-order valence-corrected chi connectivity index (χ4v) is 1.29. The second-order valence-electron chi connectivity index (χ2n) is 3.01. The van der Waals surface area contributed by atoms with Crippen molar-refractivity contribution in [2.45, 2.75) is 46.1 Å². The Morgan fingerprint density at radius 2 is 2.00 bits per heavy atom. The summed E-state index contributed by atoms with van der Waals surface area (Å²) in [4.78, 5) is 10.8. The highest BCUT2D eigenvalue weighted by Crippen LogP contribution is 2.15. The van der Waals surface area contributed by atoms with E-state index < -0.39 is 6.10 Å². The SMILES string of the molecule is CCCC(CC)C(O)C(C)=O. The standard InChI is InChI=1S/C9H18O2/c1-4-6-8(5-2)9(11)7(3)10/h8-9,11H,4-6H2,1-3H3. The van der Waals surface area contributed by atoms with Gasteiger partial charge in [-0.2, -0.15) is 0 Å². The van der Waals surface area contributed by atoms with E-state index >= 15 is 0 Å². The van der Waals surface area contributed by atoms with E-state index in [0.717, 1.165) is 19.3 Å². The maximum absolute atomic E-state index is 10.8. The Morgan fingerprint density at radius 1 is 1.45 bits per heavy atom. The van der Waals surface area contributed by atoms with Crippen molar-refractivity contribution in [2.75, 3.05) is 0 Å². The van der Waals surface area contributed by atoms with Crippen LogP contribution in [0.4, 0.5) is 0 Å². The van der Waals surface area contributed by atoms with Crippen LogP contribution in [0.15, 0.2) is 0 Å². The van der Waals surface area contributed by atoms with E-state index in [1.165, 1.54) is 6.92 Å². The second kappa shape index (κ2) is 5.30. The van der Waals surface area contributed by atoms with E-state index in [9.17, 15) is 9.90 Å². The topological polar surface area (TPSA) is 37.3 Å². The van der Waals surface area contributed by atoms with Crippen molar-refractivity contribution in [2.24, 2.45) is 5.92 Å². The predicted molar refractivity (Wildman–Crippen MR) is 45.4 cm³/mol. The molecule has 0 bridgehead atoms. The Morgan fingerprint density at radius 3 is 2.27 bits per heavy atom. The van der Waals surface area contributed by atoms with Gasteiger partial charge >= 0.3 is 0 Å². The van der Waals surface area contributed by atoms with Crippen LogP contribution in [0, 0.1) is 5.92 Å². The van der Waals surface area contributed by atoms with Crippen molar-refractivity contribution in [1.29, 1.82) is 0 Å². The number of carbonyl (C=O) groups excluding carboxylic acids is 1. The van der Waals surface area contributed by atoms with Gasteiger partial charge in [-0.15, -0.1) is 0 Å². The van der Waals surface area contributed by atoms with Gasteiger partial charge in [0.2, 0.25) is 0 Å². The van der Waals surface area contributed by atoms with E-state index in [-0.39, 0.29) is 11.7 Å². The molecule has 0 aromatic rings. The summed E-state index contributed by atoms with van der Waals surface area (Å²) in [7, 11) is 0. The van der Waals surface area contributed by atoms with Crippen molar-refractivity contribution in [3.63, 3.8) is 0 Å². The molecule has 0 aliphatic carbocycles. The van der Waals surface area contributed by atoms with Gasteiger partial charge in [0.05, 0.1) is 0 Å². The van der Waals surface area contributed by atoms with Crippen LogP contribution in [-0.4, -0.2) is 17.0 Å². The summed E-state index contributed by atoms with van der Waals surface area (Å²) in [6.07, 6.45) is 2.12. The monoisotopic (exact) mass is 158 g/mol. The highest BCUT2D eigenvalue weighted by Gasteiger charge is 2.19. The Balaban J connectivity index is 3.91. The number of rotatable bonds is 5. The molecule has 0 heterocycles. The summed E-state index contributed by atoms with van der Waals surface area (Å²) in [5.41, 5.74) is 0. The molecule has 0 aromatic heterocycles. The van der Waals surface area contributed by atoms with E-state index in [1.54, 1.807) is 0 Å². The van der Waals surface area contributed by atoms with Crippen LogP contribution in [0.25, 0.3) is 0 Å². The van der Waals surface area contributed by atoms with Crippen LogP contribution in [0.5, 0.6) is 0 Å². The average Bonchev–Trinajstić information content (AvgIpc) is 1.98. The summed E-state index contributed by atoms with van der Waals surface area (Å²) in [5.74, 6) is 0.0581. The Kier molecular flexibility index (Phi) is 5.12. The van der Waals surface area contributed by atoms with Crippen LogP contribution in [0.3, 0.4) is 0 Å². The average molecular weight is 158 g/mol. The lowest BCUT2D eigenvalue weighted by molar-refractivity contribution is -0.127. The molecule has 66 valence electrons. The third kappa shape index (κ3) is 3.51. The highest BCUT2D eigenvalue weighted by molar-refractivity contribution is 5.80. The molecule has 11 heavy (non-hydrogen) atoms. The first-order valence-electron chi connectivity index (χ1n) is 4.32. The van der Waals surface area contributed by atoms with Gasteiger partial charge in [0, 0.05) is 0 Å². The molecule has 0 saturated carbocycles. The molecule has 2 atom stereocenters. The number of carbonyl (C=O) groups is 1. The molecule has 0 saturated heterocycles. The van der Waals surface area contributed by atoms with Gasteiger partial charge in [0.25, 0.3) is 0 Å². The lowest BCUT2D eigenvalue weighted by Crippen LogP contribution is -2.26. The molecule has 0 aliphatic heterocycles. The Hall–Kier alpha value is -0.370. The van der Waals surface area contributed by atoms with E-state index in [1.807, 2.05) is 6.92 Å². The normalized spacial score (nSPS) is 16.0. The fraction of sp³-hybridized carbons (Fsp3) is 0.889. The molecule has 0 aromatic carbocycles. The summed E-state index contributed by atoms with van der Waals surface area (Å²) in [6, 6.07) is 0. The number of Topliss-reactive ketones (excluding diaryl/α,β-unsaturated/α-hetero) is 1. The minimum atomic E-state index is -0.736. The van der Waals surface area contributed by atoms with Gasteiger partial charge in [0.1, 0.15) is 6.10 Å². The molecule has 0 aliphatic rings. The zero-order valence-electron chi connectivity index (χ0n) is 7.63. The van der Waals surface area contributed by atoms with Gasteiger partial charge in [-0.1, -0.05) is 26.7 Å². The lowest BCUT2D eigenvalue weighted by Gasteiger charge is -2.17. The van der Waals surface area contributed by atoms with Gasteiger partial charge < -0.3 is 5.11 Å². The molecule has 0 fully saturated rings. The van der Waals surface area contributed by atoms with Crippen LogP contribution in [0.1, 0.15) is 40.0 Å². The second-order valence-corrected chi connectivity index (χ2v) is 3.01. The fourth-order valence-electron chi connectivity index (χ4n) is 1.29. The molecule has 0 amide bonds. The third-order valence-corrected chi connectivity index (χ3v) is 2.05. The molecule has 0 radical (unpaired) electrons. The van der Waals surface area contributed by atoms with Crippen molar-refractivity contribution in [3.8, 4) is 0 Å². The Labute approximate surface area is 68.6 Å². The molecule has 2 nitrogen and oxygen atoms in total. The zero-order chi connectivity index (χ0) is 8.85. The summed E-state index contributed by atoms with van der Waals surface area (Å²) in [6.45, 7) is 5.52. The van der Waals surface area contributed by atoms with Gasteiger partial charge in [0.15, 0.2) is 5.78 Å². The van der Waals surface area contributed by atoms with Gasteiger partial charge in [-0.05, 0) is 19.3 Å². The Bertz CT molecular complexity index is 121. The maximum atomic E-state index is 10.8. The first-order chi connectivity index (χ1) is 5.13. The number of aliphatic hydroxyl groups excluding tert-OH is 1. The third-order valence-electron chi connectivity index (χ3n) is 2.05. The minimum absolute atomic E-state index is 0.106. The van der Waals surface area contributed by atoms with Gasteiger partial charge in [-0.3, -0.25) is 4.79 Å². The van der Waals surface area contributed by atoms with Gasteiger partial charge in [-0.25, -0.2) is 0 Å². The summed E-state index contributed by atoms with van der Waals surface area (Å²) in [5, 5.41) is 9.37. The predicted octanol–water partition coefficient (Wildman–Crippen LogP) is 1.76. The molecular weight excluding hydrogens is 140 g/mol. The van der Waals surface area contributed by atoms with Crippen molar-refractivity contribution >= 4 is 5.78 Å². The maximum Gasteiger partial charge on any atom is 0.158 e. The zero-order valence-corrected chi connectivity index (χ0v) is 7.63. The number of hydrogen-bond donors (Lipinski definition) is 1. The molecular formula is C9H18O2. The minimum Gasteiger partial charge on any atom is -0.385 e. The van der Waals surface area contributed by atoms with Crippen LogP contribution < -0.4 is 0 Å². The number of aliphatic hydroxyl groups is 1. The smallest absolute Gasteiger partial charge is 0.158 e. The molecule has 2 heteroatoms. The quantitative estimate of drug-likeness (QED) is 0.662. The number of ketones is 1. The van der Waals surface area contributed by atoms with Crippen molar-refractivity contribution in [1.82, 2.24) is 0 Å². The summed E-state index contributed by atoms with van der Waals surface area (Å²) < 4.78 is 0. The molecule has 0 rings (SSSR count). The largest absolute Gasteiger partial charge is 0.385 e. The first-order valence-corrected chi connectivity index (χ1v) is 4.32. The van der Waals surface area contributed by atoms with Crippen LogP contribution >= 0.6 is 0 Å². The summed E-state index contributed by atoms with van der Waals surface area (Å²) >= 11 is 0. The molecule has 1 N–H and O–H groups in total. The van der Waals surface area contributed by atoms with E-state index in [4.69, 9.17) is 0 Å².